The first-order chi connectivity index (χ1) is 16.1. The van der Waals surface area contributed by atoms with Crippen molar-refractivity contribution in [2.75, 3.05) is 30.3 Å². The van der Waals surface area contributed by atoms with Crippen molar-refractivity contribution < 1.29 is 22.7 Å². The van der Waals surface area contributed by atoms with E-state index in [1.807, 2.05) is 0 Å². The number of sulfonamides is 1. The third kappa shape index (κ3) is 7.11. The Hall–Kier alpha value is -2.78. The predicted octanol–water partition coefficient (Wildman–Crippen LogP) is 3.45. The molecule has 1 N–H and O–H groups in total. The van der Waals surface area contributed by atoms with Crippen molar-refractivity contribution in [1.82, 2.24) is 10.2 Å². The van der Waals surface area contributed by atoms with E-state index in [4.69, 9.17) is 16.3 Å². The maximum absolute atomic E-state index is 13.6. The van der Waals surface area contributed by atoms with Crippen LogP contribution in [0.3, 0.4) is 0 Å². The number of nitrogens with one attached hydrogen (secondary N) is 1. The fourth-order valence-electron chi connectivity index (χ4n) is 3.56. The molecule has 0 radical (unpaired) electrons. The summed E-state index contributed by atoms with van der Waals surface area (Å²) in [5, 5.41) is 3.21. The van der Waals surface area contributed by atoms with Crippen LogP contribution in [0.1, 0.15) is 32.8 Å². The highest BCUT2D eigenvalue weighted by atomic mass is 35.5. The minimum Gasteiger partial charge on any atom is -0.492 e. The van der Waals surface area contributed by atoms with Gasteiger partial charge in [-0.25, -0.2) is 8.42 Å². The van der Waals surface area contributed by atoms with E-state index in [2.05, 4.69) is 5.32 Å². The molecule has 10 heteroatoms. The number of halogens is 1. The molecule has 0 aliphatic carbocycles. The summed E-state index contributed by atoms with van der Waals surface area (Å²) in [7, 11) is -3.85. The van der Waals surface area contributed by atoms with Crippen LogP contribution >= 0.6 is 11.6 Å². The van der Waals surface area contributed by atoms with Crippen molar-refractivity contribution in [3.8, 4) is 5.75 Å². The number of hydrogen-bond acceptors (Lipinski definition) is 5. The highest BCUT2D eigenvalue weighted by Gasteiger charge is 2.32. The molecule has 0 saturated heterocycles. The highest BCUT2D eigenvalue weighted by Crippen LogP contribution is 2.30. The lowest BCUT2D eigenvalue weighted by Crippen LogP contribution is -2.52. The number of hydrogen-bond donors (Lipinski definition) is 1. The number of carbonyl (C=O) groups excluding carboxylic acids is 2. The first kappa shape index (κ1) is 27.5. The van der Waals surface area contributed by atoms with E-state index in [-0.39, 0.29) is 18.1 Å². The van der Waals surface area contributed by atoms with Crippen LogP contribution in [0.4, 0.5) is 5.69 Å². The largest absolute Gasteiger partial charge is 0.492 e. The quantitative estimate of drug-likeness (QED) is 0.472. The smallest absolute Gasteiger partial charge is 0.244 e. The van der Waals surface area contributed by atoms with Crippen LogP contribution in [0.15, 0.2) is 48.5 Å². The molecular weight excluding hydrogens is 478 g/mol. The maximum atomic E-state index is 13.6. The summed E-state index contributed by atoms with van der Waals surface area (Å²) in [6.07, 6.45) is 1.37. The lowest BCUT2D eigenvalue weighted by atomic mass is 10.1. The van der Waals surface area contributed by atoms with Crippen LogP contribution in [0, 0.1) is 0 Å². The normalized spacial score (nSPS) is 12.0. The zero-order valence-corrected chi connectivity index (χ0v) is 21.5. The third-order valence-corrected chi connectivity index (χ3v) is 6.64. The Balaban J connectivity index is 2.49. The number of amides is 2. The average Bonchev–Trinajstić information content (AvgIpc) is 2.78. The SMILES string of the molecule is CCNC(=O)[C@@H](CC)N(Cc1ccccc1Cl)C(=O)CN(c1ccccc1OCC)S(C)(=O)=O. The summed E-state index contributed by atoms with van der Waals surface area (Å²) in [6, 6.07) is 12.9. The third-order valence-electron chi connectivity index (χ3n) is 5.15. The number of benzene rings is 2. The minimum atomic E-state index is -3.85. The van der Waals surface area contributed by atoms with Crippen molar-refractivity contribution >= 4 is 39.1 Å². The topological polar surface area (TPSA) is 96.0 Å². The molecule has 0 aliphatic rings. The van der Waals surface area contributed by atoms with Gasteiger partial charge in [-0.2, -0.15) is 0 Å². The van der Waals surface area contributed by atoms with Gasteiger partial charge in [0, 0.05) is 18.1 Å². The monoisotopic (exact) mass is 509 g/mol. The van der Waals surface area contributed by atoms with Crippen LogP contribution in [-0.2, 0) is 26.2 Å². The molecule has 2 aromatic carbocycles. The van der Waals surface area contributed by atoms with Gasteiger partial charge in [0.15, 0.2) is 0 Å². The van der Waals surface area contributed by atoms with Crippen molar-refractivity contribution in [3.05, 3.63) is 59.1 Å². The molecule has 0 aromatic heterocycles. The van der Waals surface area contributed by atoms with Gasteiger partial charge >= 0.3 is 0 Å². The van der Waals surface area contributed by atoms with E-state index < -0.39 is 28.5 Å². The van der Waals surface area contributed by atoms with E-state index in [1.165, 1.54) is 4.90 Å². The molecule has 0 bridgehead atoms. The van der Waals surface area contributed by atoms with Gasteiger partial charge in [-0.15, -0.1) is 0 Å². The Bertz CT molecular complexity index is 1090. The average molecular weight is 510 g/mol. The summed E-state index contributed by atoms with van der Waals surface area (Å²) in [5.41, 5.74) is 0.907. The van der Waals surface area contributed by atoms with E-state index in [1.54, 1.807) is 69.3 Å². The first-order valence-corrected chi connectivity index (χ1v) is 13.4. The number of anilines is 1. The Morgan fingerprint density at radius 2 is 1.71 bits per heavy atom. The van der Waals surface area contributed by atoms with E-state index >= 15 is 0 Å². The second kappa shape index (κ2) is 12.6. The summed E-state index contributed by atoms with van der Waals surface area (Å²) < 4.78 is 32.1. The molecule has 1 atom stereocenters. The minimum absolute atomic E-state index is 0.0544. The second-order valence-corrected chi connectivity index (χ2v) is 9.92. The fraction of sp³-hybridized carbons (Fsp3) is 0.417. The lowest BCUT2D eigenvalue weighted by Gasteiger charge is -2.33. The fourth-order valence-corrected chi connectivity index (χ4v) is 4.61. The maximum Gasteiger partial charge on any atom is 0.244 e. The molecule has 0 saturated carbocycles. The Morgan fingerprint density at radius 3 is 2.29 bits per heavy atom. The standard InChI is InChI=1S/C24H32ClN3O5S/c1-5-20(24(30)26-6-2)27(16-18-12-8-9-13-19(18)25)23(29)17-28(34(4,31)32)21-14-10-11-15-22(21)33-7-3/h8-15,20H,5-7,16-17H2,1-4H3,(H,26,30)/t20-/m1/s1. The van der Waals surface area contributed by atoms with E-state index in [0.29, 0.717) is 35.9 Å². The molecule has 0 spiro atoms. The van der Waals surface area contributed by atoms with Crippen molar-refractivity contribution in [3.63, 3.8) is 0 Å². The number of rotatable bonds is 12. The molecule has 34 heavy (non-hydrogen) atoms. The predicted molar refractivity (Wildman–Crippen MR) is 135 cm³/mol. The second-order valence-electron chi connectivity index (χ2n) is 7.60. The molecule has 0 heterocycles. The summed E-state index contributed by atoms with van der Waals surface area (Å²) in [4.78, 5) is 27.8. The van der Waals surface area contributed by atoms with Crippen molar-refractivity contribution in [1.29, 1.82) is 0 Å². The molecule has 0 aliphatic heterocycles. The molecular formula is C24H32ClN3O5S. The van der Waals surface area contributed by atoms with Crippen LogP contribution in [0.25, 0.3) is 0 Å². The molecule has 2 amide bonds. The van der Waals surface area contributed by atoms with Crippen LogP contribution in [0.5, 0.6) is 5.75 Å². The van der Waals surface area contributed by atoms with Crippen LogP contribution in [0.2, 0.25) is 5.02 Å². The lowest BCUT2D eigenvalue weighted by molar-refractivity contribution is -0.140. The van der Waals surface area contributed by atoms with Gasteiger partial charge in [0.2, 0.25) is 21.8 Å². The number of ether oxygens (including phenoxy) is 1. The zero-order valence-electron chi connectivity index (χ0n) is 20.0. The molecule has 0 unspecified atom stereocenters. The number of nitrogens with zero attached hydrogens (tertiary/aromatic N) is 2. The van der Waals surface area contributed by atoms with Gasteiger partial charge in [0.1, 0.15) is 18.3 Å². The van der Waals surface area contributed by atoms with Gasteiger partial charge < -0.3 is 15.0 Å². The molecule has 0 fully saturated rings. The van der Waals surface area contributed by atoms with Crippen molar-refractivity contribution in [2.24, 2.45) is 0 Å². The number of carbonyl (C=O) groups is 2. The van der Waals surface area contributed by atoms with Gasteiger partial charge in [-0.1, -0.05) is 48.9 Å². The zero-order chi connectivity index (χ0) is 25.3. The Kier molecular flexibility index (Phi) is 10.2. The van der Waals surface area contributed by atoms with Crippen molar-refractivity contribution in [2.45, 2.75) is 39.8 Å². The number of para-hydroxylation sites is 2. The molecule has 2 rings (SSSR count). The highest BCUT2D eigenvalue weighted by molar-refractivity contribution is 7.92. The van der Waals surface area contributed by atoms with E-state index in [0.717, 1.165) is 10.6 Å². The molecule has 2 aromatic rings. The molecule has 186 valence electrons. The van der Waals surface area contributed by atoms with Gasteiger partial charge in [0.05, 0.1) is 18.6 Å². The first-order valence-electron chi connectivity index (χ1n) is 11.1. The summed E-state index contributed by atoms with van der Waals surface area (Å²) >= 11 is 6.33. The van der Waals surface area contributed by atoms with Gasteiger partial charge in [-0.3, -0.25) is 13.9 Å². The summed E-state index contributed by atoms with van der Waals surface area (Å²) in [5.74, 6) is -0.502. The van der Waals surface area contributed by atoms with E-state index in [9.17, 15) is 18.0 Å². The molecule has 8 nitrogen and oxygen atoms in total. The Morgan fingerprint density at radius 1 is 1.06 bits per heavy atom. The van der Waals surface area contributed by atoms with Gasteiger partial charge in [-0.05, 0) is 44.0 Å². The summed E-state index contributed by atoms with van der Waals surface area (Å²) in [6.45, 7) is 5.67. The van der Waals surface area contributed by atoms with Crippen LogP contribution in [-0.4, -0.2) is 57.1 Å². The van der Waals surface area contributed by atoms with Crippen LogP contribution < -0.4 is 14.4 Å². The Labute approximate surface area is 206 Å². The van der Waals surface area contributed by atoms with Gasteiger partial charge in [0.25, 0.3) is 0 Å². The number of likely N-dealkylation sites (N-methyl/N-ethyl adjacent to an activating group) is 1.